The Morgan fingerprint density at radius 2 is 1.87 bits per heavy atom. The van der Waals surface area contributed by atoms with Crippen molar-refractivity contribution >= 4 is 29.3 Å². The molecule has 5 heteroatoms. The highest BCUT2D eigenvalue weighted by atomic mass is 32.2. The highest BCUT2D eigenvalue weighted by Crippen LogP contribution is 2.39. The maximum absolute atomic E-state index is 13.0. The third-order valence-electron chi connectivity index (χ3n) is 5.54. The zero-order valence-electron chi connectivity index (χ0n) is 18.6. The van der Waals surface area contributed by atoms with Crippen LogP contribution in [0.25, 0.3) is 0 Å². The summed E-state index contributed by atoms with van der Waals surface area (Å²) in [6, 6.07) is 14.2. The minimum absolute atomic E-state index is 0.000839. The van der Waals surface area contributed by atoms with Gasteiger partial charge in [-0.1, -0.05) is 63.6 Å². The predicted octanol–water partition coefficient (Wildman–Crippen LogP) is 4.87. The lowest BCUT2D eigenvalue weighted by Gasteiger charge is -2.35. The van der Waals surface area contributed by atoms with Crippen LogP contribution in [0.15, 0.2) is 47.4 Å². The lowest BCUT2D eigenvalue weighted by molar-refractivity contribution is -0.125. The molecule has 1 N–H and O–H groups in total. The molecule has 2 aromatic carbocycles. The van der Waals surface area contributed by atoms with Crippen LogP contribution in [0.1, 0.15) is 50.8 Å². The van der Waals surface area contributed by atoms with Gasteiger partial charge >= 0.3 is 0 Å². The first-order valence-electron chi connectivity index (χ1n) is 10.6. The van der Waals surface area contributed by atoms with E-state index in [1.165, 1.54) is 11.1 Å². The molecule has 2 aromatic rings. The normalized spacial score (nSPS) is 15.0. The number of anilines is 1. The van der Waals surface area contributed by atoms with Crippen molar-refractivity contribution in [1.29, 1.82) is 0 Å². The van der Waals surface area contributed by atoms with Crippen LogP contribution in [0.4, 0.5) is 5.69 Å². The largest absolute Gasteiger partial charge is 0.354 e. The number of hydrogen-bond donors (Lipinski definition) is 1. The summed E-state index contributed by atoms with van der Waals surface area (Å²) < 4.78 is 0. The second kappa shape index (κ2) is 9.25. The highest BCUT2D eigenvalue weighted by molar-refractivity contribution is 8.00. The quantitative estimate of drug-likeness (QED) is 0.720. The van der Waals surface area contributed by atoms with Gasteiger partial charge in [0, 0.05) is 11.4 Å². The number of nitrogens with one attached hydrogen (secondary N) is 1. The van der Waals surface area contributed by atoms with Gasteiger partial charge in [-0.05, 0) is 48.4 Å². The van der Waals surface area contributed by atoms with Gasteiger partial charge in [0.2, 0.25) is 11.8 Å². The molecule has 30 heavy (non-hydrogen) atoms. The molecule has 160 valence electrons. The summed E-state index contributed by atoms with van der Waals surface area (Å²) in [4.78, 5) is 28.7. The average Bonchev–Trinajstić information content (AvgIpc) is 2.70. The summed E-state index contributed by atoms with van der Waals surface area (Å²) in [5, 5.41) is 3.05. The van der Waals surface area contributed by atoms with Gasteiger partial charge in [0.15, 0.2) is 0 Å². The van der Waals surface area contributed by atoms with Gasteiger partial charge in [-0.15, -0.1) is 11.8 Å². The number of hydrogen-bond acceptors (Lipinski definition) is 3. The summed E-state index contributed by atoms with van der Waals surface area (Å²) >= 11 is 1.55. The van der Waals surface area contributed by atoms with E-state index in [9.17, 15) is 9.59 Å². The van der Waals surface area contributed by atoms with Crippen LogP contribution >= 0.6 is 11.8 Å². The molecule has 0 bridgehead atoms. The number of carbonyl (C=O) groups excluding carboxylic acids is 2. The molecule has 0 unspecified atom stereocenters. The first-order chi connectivity index (χ1) is 14.2. The van der Waals surface area contributed by atoms with Crippen LogP contribution < -0.4 is 10.2 Å². The summed E-state index contributed by atoms with van der Waals surface area (Å²) in [5.41, 5.74) is 4.42. The molecule has 0 saturated heterocycles. The standard InChI is InChI=1S/C25H32N2O2S/c1-6-20(24(29)26-14-13-18-9-7-17(2)8-10-18)27-21-15-19(25(3,4)5)11-12-22(21)30-16-23(27)28/h7-12,15,20H,6,13-14,16H2,1-5H3,(H,26,29)/t20-/m1/s1. The van der Waals surface area contributed by atoms with E-state index in [4.69, 9.17) is 0 Å². The van der Waals surface area contributed by atoms with Crippen molar-refractivity contribution in [2.24, 2.45) is 0 Å². The first-order valence-corrected chi connectivity index (χ1v) is 11.6. The van der Waals surface area contributed by atoms with E-state index >= 15 is 0 Å². The molecule has 2 amide bonds. The fourth-order valence-electron chi connectivity index (χ4n) is 3.67. The predicted molar refractivity (Wildman–Crippen MR) is 125 cm³/mol. The van der Waals surface area contributed by atoms with E-state index in [0.29, 0.717) is 18.7 Å². The Kier molecular flexibility index (Phi) is 6.91. The van der Waals surface area contributed by atoms with Crippen LogP contribution in [0, 0.1) is 6.92 Å². The number of carbonyl (C=O) groups is 2. The minimum atomic E-state index is -0.495. The maximum atomic E-state index is 13.0. The molecule has 1 aliphatic rings. The SMILES string of the molecule is CC[C@H](C(=O)NCCc1ccc(C)cc1)N1C(=O)CSc2ccc(C(C)(C)C)cc21. The zero-order chi connectivity index (χ0) is 21.9. The Hall–Kier alpha value is -2.27. The van der Waals surface area contributed by atoms with Gasteiger partial charge in [0.25, 0.3) is 0 Å². The number of benzene rings is 2. The van der Waals surface area contributed by atoms with Crippen LogP contribution in [0.2, 0.25) is 0 Å². The monoisotopic (exact) mass is 424 g/mol. The third kappa shape index (κ3) is 5.07. The van der Waals surface area contributed by atoms with Crippen LogP contribution in [-0.2, 0) is 21.4 Å². The van der Waals surface area contributed by atoms with Crippen molar-refractivity contribution in [3.05, 3.63) is 59.2 Å². The zero-order valence-corrected chi connectivity index (χ0v) is 19.4. The minimum Gasteiger partial charge on any atom is -0.354 e. The van der Waals surface area contributed by atoms with Crippen LogP contribution in [0.5, 0.6) is 0 Å². The highest BCUT2D eigenvalue weighted by Gasteiger charge is 2.34. The van der Waals surface area contributed by atoms with E-state index in [1.807, 2.05) is 6.92 Å². The molecule has 1 heterocycles. The lowest BCUT2D eigenvalue weighted by atomic mass is 9.86. The second-order valence-corrected chi connectivity index (χ2v) is 9.95. The van der Waals surface area contributed by atoms with Gasteiger partial charge in [0.1, 0.15) is 6.04 Å². The Bertz CT molecular complexity index is 916. The lowest BCUT2D eigenvalue weighted by Crippen LogP contribution is -2.51. The smallest absolute Gasteiger partial charge is 0.243 e. The van der Waals surface area contributed by atoms with Crippen LogP contribution in [0.3, 0.4) is 0 Å². The summed E-state index contributed by atoms with van der Waals surface area (Å²) in [6.07, 6.45) is 1.35. The van der Waals surface area contributed by atoms with E-state index in [2.05, 4.69) is 75.5 Å². The Morgan fingerprint density at radius 1 is 1.17 bits per heavy atom. The molecule has 1 atom stereocenters. The summed E-state index contributed by atoms with van der Waals surface area (Å²) in [7, 11) is 0. The average molecular weight is 425 g/mol. The van der Waals surface area contributed by atoms with E-state index in [-0.39, 0.29) is 17.2 Å². The van der Waals surface area contributed by atoms with Crippen LogP contribution in [-0.4, -0.2) is 30.2 Å². The summed E-state index contributed by atoms with van der Waals surface area (Å²) in [5.74, 6) is 0.283. The number of amides is 2. The molecule has 0 saturated carbocycles. The molecule has 3 rings (SSSR count). The Labute approximate surface area is 184 Å². The maximum Gasteiger partial charge on any atom is 0.243 e. The molecule has 0 fully saturated rings. The van der Waals surface area contributed by atoms with E-state index in [1.54, 1.807) is 16.7 Å². The molecular formula is C25H32N2O2S. The van der Waals surface area contributed by atoms with Crippen molar-refractivity contribution in [3.8, 4) is 0 Å². The number of thioether (sulfide) groups is 1. The number of rotatable bonds is 6. The fraction of sp³-hybridized carbons (Fsp3) is 0.440. The number of aryl methyl sites for hydroxylation is 1. The van der Waals surface area contributed by atoms with Crippen molar-refractivity contribution in [2.45, 2.75) is 63.8 Å². The van der Waals surface area contributed by atoms with Gasteiger partial charge in [-0.25, -0.2) is 0 Å². The van der Waals surface area contributed by atoms with Crippen molar-refractivity contribution in [3.63, 3.8) is 0 Å². The van der Waals surface area contributed by atoms with Gasteiger partial charge in [0.05, 0.1) is 11.4 Å². The Morgan fingerprint density at radius 3 is 2.50 bits per heavy atom. The molecule has 0 aromatic heterocycles. The second-order valence-electron chi connectivity index (χ2n) is 8.94. The molecule has 1 aliphatic heterocycles. The molecular weight excluding hydrogens is 392 g/mol. The Balaban J connectivity index is 1.77. The van der Waals surface area contributed by atoms with Crippen molar-refractivity contribution in [2.75, 3.05) is 17.2 Å². The number of fused-ring (bicyclic) bond motifs is 1. The molecule has 0 radical (unpaired) electrons. The molecule has 4 nitrogen and oxygen atoms in total. The topological polar surface area (TPSA) is 49.4 Å². The molecule has 0 aliphatic carbocycles. The fourth-order valence-corrected chi connectivity index (χ4v) is 4.55. The van der Waals surface area contributed by atoms with Crippen molar-refractivity contribution in [1.82, 2.24) is 5.32 Å². The van der Waals surface area contributed by atoms with E-state index < -0.39 is 6.04 Å². The number of nitrogens with zero attached hydrogens (tertiary/aromatic N) is 1. The summed E-state index contributed by atoms with van der Waals surface area (Å²) in [6.45, 7) is 11.1. The van der Waals surface area contributed by atoms with E-state index in [0.717, 1.165) is 22.6 Å². The first kappa shape index (κ1) is 22.4. The molecule has 0 spiro atoms. The van der Waals surface area contributed by atoms with Gasteiger partial charge in [-0.3, -0.25) is 14.5 Å². The van der Waals surface area contributed by atoms with Crippen molar-refractivity contribution < 1.29 is 9.59 Å². The van der Waals surface area contributed by atoms with Gasteiger partial charge < -0.3 is 5.32 Å². The third-order valence-corrected chi connectivity index (χ3v) is 6.59. The van der Waals surface area contributed by atoms with Gasteiger partial charge in [-0.2, -0.15) is 0 Å².